The van der Waals surface area contributed by atoms with Gasteiger partial charge in [-0.2, -0.15) is 5.10 Å². The summed E-state index contributed by atoms with van der Waals surface area (Å²) in [4.78, 5) is 0.0781. The average molecular weight is 295 g/mol. The number of aromatic nitrogens is 2. The van der Waals surface area contributed by atoms with Crippen molar-refractivity contribution in [2.24, 2.45) is 0 Å². The van der Waals surface area contributed by atoms with Crippen molar-refractivity contribution in [2.75, 3.05) is 0 Å². The van der Waals surface area contributed by atoms with Crippen molar-refractivity contribution in [1.29, 1.82) is 0 Å². The van der Waals surface area contributed by atoms with E-state index in [4.69, 9.17) is 0 Å². The van der Waals surface area contributed by atoms with Gasteiger partial charge in [0.25, 0.3) is 0 Å². The highest BCUT2D eigenvalue weighted by atomic mass is 32.2. The number of benzene rings is 1. The van der Waals surface area contributed by atoms with Crippen LogP contribution in [-0.4, -0.2) is 24.7 Å². The Balaban J connectivity index is 1.76. The van der Waals surface area contributed by atoms with Gasteiger partial charge in [0.2, 0.25) is 10.0 Å². The molecular formula is C13H14FN3O2S. The third-order valence-electron chi connectivity index (χ3n) is 3.47. The van der Waals surface area contributed by atoms with Gasteiger partial charge in [-0.25, -0.2) is 17.5 Å². The molecule has 2 aromatic rings. The molecule has 1 aliphatic rings. The summed E-state index contributed by atoms with van der Waals surface area (Å²) in [5, 5.41) is 6.84. The SMILES string of the molecule is O=S(=O)(NC1CCc2cn[nH]c2C1)c1ccc(F)cc1. The Hall–Kier alpha value is -1.73. The topological polar surface area (TPSA) is 74.8 Å². The largest absolute Gasteiger partial charge is 0.282 e. The van der Waals surface area contributed by atoms with E-state index >= 15 is 0 Å². The molecule has 1 atom stereocenters. The maximum absolute atomic E-state index is 12.8. The molecule has 0 saturated heterocycles. The third-order valence-corrected chi connectivity index (χ3v) is 5.00. The minimum atomic E-state index is -3.61. The number of aryl methyl sites for hydroxylation is 1. The standard InChI is InChI=1S/C13H14FN3O2S/c14-10-2-5-12(6-3-10)20(18,19)17-11-4-1-9-8-15-16-13(9)7-11/h2-3,5-6,8,11,17H,1,4,7H2,(H,15,16). The summed E-state index contributed by atoms with van der Waals surface area (Å²) in [6.45, 7) is 0. The molecule has 1 aromatic heterocycles. The van der Waals surface area contributed by atoms with Crippen LogP contribution in [0, 0.1) is 5.82 Å². The molecule has 0 radical (unpaired) electrons. The highest BCUT2D eigenvalue weighted by Gasteiger charge is 2.25. The molecule has 0 aliphatic heterocycles. The molecule has 106 valence electrons. The quantitative estimate of drug-likeness (QED) is 0.898. The van der Waals surface area contributed by atoms with E-state index in [2.05, 4.69) is 14.9 Å². The van der Waals surface area contributed by atoms with Crippen molar-refractivity contribution in [3.05, 3.63) is 47.5 Å². The zero-order valence-corrected chi connectivity index (χ0v) is 11.5. The Morgan fingerprint density at radius 1 is 1.30 bits per heavy atom. The highest BCUT2D eigenvalue weighted by Crippen LogP contribution is 2.20. The Labute approximate surface area is 116 Å². The molecule has 1 aliphatic carbocycles. The maximum atomic E-state index is 12.8. The summed E-state index contributed by atoms with van der Waals surface area (Å²) in [5.74, 6) is -0.455. The molecule has 0 amide bonds. The molecule has 20 heavy (non-hydrogen) atoms. The van der Waals surface area contributed by atoms with E-state index in [1.807, 2.05) is 0 Å². The number of nitrogens with zero attached hydrogens (tertiary/aromatic N) is 1. The number of rotatable bonds is 3. The first kappa shape index (κ1) is 13.3. The molecule has 0 saturated carbocycles. The van der Waals surface area contributed by atoms with E-state index < -0.39 is 15.8 Å². The van der Waals surface area contributed by atoms with E-state index in [0.717, 1.165) is 36.2 Å². The van der Waals surface area contributed by atoms with E-state index in [0.29, 0.717) is 6.42 Å². The first-order chi connectivity index (χ1) is 9.54. The zero-order valence-electron chi connectivity index (χ0n) is 10.6. The van der Waals surface area contributed by atoms with Crippen LogP contribution in [0.2, 0.25) is 0 Å². The van der Waals surface area contributed by atoms with Crippen LogP contribution in [0.4, 0.5) is 4.39 Å². The fourth-order valence-electron chi connectivity index (χ4n) is 2.41. The van der Waals surface area contributed by atoms with Gasteiger partial charge < -0.3 is 0 Å². The predicted molar refractivity (Wildman–Crippen MR) is 71.1 cm³/mol. The number of H-pyrrole nitrogens is 1. The summed E-state index contributed by atoms with van der Waals surface area (Å²) in [6, 6.07) is 4.65. The van der Waals surface area contributed by atoms with Crippen molar-refractivity contribution in [1.82, 2.24) is 14.9 Å². The molecule has 0 fully saturated rings. The predicted octanol–water partition coefficient (Wildman–Crippen LogP) is 1.38. The van der Waals surface area contributed by atoms with Crippen LogP contribution in [0.1, 0.15) is 17.7 Å². The van der Waals surface area contributed by atoms with Gasteiger partial charge in [-0.3, -0.25) is 5.10 Å². The molecule has 0 bridgehead atoms. The van der Waals surface area contributed by atoms with E-state index in [1.165, 1.54) is 12.1 Å². The Kier molecular flexibility index (Phi) is 3.31. The number of nitrogens with one attached hydrogen (secondary N) is 2. The van der Waals surface area contributed by atoms with Gasteiger partial charge in [-0.1, -0.05) is 0 Å². The van der Waals surface area contributed by atoms with Gasteiger partial charge in [0.15, 0.2) is 0 Å². The van der Waals surface area contributed by atoms with Crippen LogP contribution >= 0.6 is 0 Å². The van der Waals surface area contributed by atoms with Crippen molar-refractivity contribution >= 4 is 10.0 Å². The number of aromatic amines is 1. The van der Waals surface area contributed by atoms with Crippen LogP contribution < -0.4 is 4.72 Å². The monoisotopic (exact) mass is 295 g/mol. The fraction of sp³-hybridized carbons (Fsp3) is 0.308. The second-order valence-corrected chi connectivity index (χ2v) is 6.60. The number of hydrogen-bond acceptors (Lipinski definition) is 3. The van der Waals surface area contributed by atoms with Crippen molar-refractivity contribution in [2.45, 2.75) is 30.2 Å². The maximum Gasteiger partial charge on any atom is 0.240 e. The van der Waals surface area contributed by atoms with E-state index in [-0.39, 0.29) is 10.9 Å². The van der Waals surface area contributed by atoms with Crippen LogP contribution in [0.3, 0.4) is 0 Å². The van der Waals surface area contributed by atoms with Crippen LogP contribution in [0.25, 0.3) is 0 Å². The first-order valence-electron chi connectivity index (χ1n) is 6.33. The zero-order chi connectivity index (χ0) is 14.2. The molecule has 1 unspecified atom stereocenters. The van der Waals surface area contributed by atoms with Crippen LogP contribution in [-0.2, 0) is 22.9 Å². The normalized spacial score (nSPS) is 18.8. The molecule has 1 aromatic carbocycles. The molecule has 2 N–H and O–H groups in total. The van der Waals surface area contributed by atoms with Gasteiger partial charge in [-0.05, 0) is 42.7 Å². The number of sulfonamides is 1. The summed E-state index contributed by atoms with van der Waals surface area (Å²) in [6.07, 6.45) is 3.89. The summed E-state index contributed by atoms with van der Waals surface area (Å²) in [7, 11) is -3.61. The lowest BCUT2D eigenvalue weighted by Crippen LogP contribution is -2.38. The smallest absolute Gasteiger partial charge is 0.240 e. The lowest BCUT2D eigenvalue weighted by molar-refractivity contribution is 0.503. The highest BCUT2D eigenvalue weighted by molar-refractivity contribution is 7.89. The van der Waals surface area contributed by atoms with Gasteiger partial charge in [-0.15, -0.1) is 0 Å². The first-order valence-corrected chi connectivity index (χ1v) is 7.82. The van der Waals surface area contributed by atoms with Crippen LogP contribution in [0.5, 0.6) is 0 Å². The van der Waals surface area contributed by atoms with Gasteiger partial charge in [0.05, 0.1) is 11.1 Å². The number of hydrogen-bond donors (Lipinski definition) is 2. The second kappa shape index (κ2) is 4.99. The molecule has 0 spiro atoms. The second-order valence-electron chi connectivity index (χ2n) is 4.89. The summed E-state index contributed by atoms with van der Waals surface area (Å²) >= 11 is 0. The minimum Gasteiger partial charge on any atom is -0.282 e. The summed E-state index contributed by atoms with van der Waals surface area (Å²) in [5.41, 5.74) is 2.12. The Morgan fingerprint density at radius 3 is 2.80 bits per heavy atom. The number of fused-ring (bicyclic) bond motifs is 1. The van der Waals surface area contributed by atoms with Crippen LogP contribution in [0.15, 0.2) is 35.4 Å². The third kappa shape index (κ3) is 2.59. The molecule has 3 rings (SSSR count). The average Bonchev–Trinajstić information content (AvgIpc) is 2.86. The molecule has 7 heteroatoms. The molecule has 5 nitrogen and oxygen atoms in total. The van der Waals surface area contributed by atoms with Gasteiger partial charge >= 0.3 is 0 Å². The Bertz CT molecular complexity index is 709. The van der Waals surface area contributed by atoms with Crippen molar-refractivity contribution in [3.63, 3.8) is 0 Å². The lowest BCUT2D eigenvalue weighted by Gasteiger charge is -2.22. The Morgan fingerprint density at radius 2 is 2.05 bits per heavy atom. The molecule has 1 heterocycles. The number of halogens is 1. The van der Waals surface area contributed by atoms with Crippen molar-refractivity contribution < 1.29 is 12.8 Å². The van der Waals surface area contributed by atoms with Crippen molar-refractivity contribution in [3.8, 4) is 0 Å². The van der Waals surface area contributed by atoms with E-state index in [9.17, 15) is 12.8 Å². The summed E-state index contributed by atoms with van der Waals surface area (Å²) < 4.78 is 39.9. The minimum absolute atomic E-state index is 0.0781. The van der Waals surface area contributed by atoms with Gasteiger partial charge in [0, 0.05) is 18.2 Å². The lowest BCUT2D eigenvalue weighted by atomic mass is 9.95. The fourth-order valence-corrected chi connectivity index (χ4v) is 3.68. The van der Waals surface area contributed by atoms with Gasteiger partial charge in [0.1, 0.15) is 5.82 Å². The molecular weight excluding hydrogens is 281 g/mol. The van der Waals surface area contributed by atoms with E-state index in [1.54, 1.807) is 6.20 Å².